The van der Waals surface area contributed by atoms with Crippen molar-refractivity contribution in [3.8, 4) is 22.6 Å². The Labute approximate surface area is 152 Å². The molecule has 5 heteroatoms. The fraction of sp³-hybridized carbons (Fsp3) is 0.381. The summed E-state index contributed by atoms with van der Waals surface area (Å²) in [5.74, 6) is 0.290. The van der Waals surface area contributed by atoms with Gasteiger partial charge < -0.3 is 14.6 Å². The molecule has 2 aromatic carbocycles. The molecule has 3 rings (SSSR count). The topological polar surface area (TPSA) is 55.8 Å². The van der Waals surface area contributed by atoms with Gasteiger partial charge in [-0.05, 0) is 47.7 Å². The van der Waals surface area contributed by atoms with Gasteiger partial charge in [0.25, 0.3) is 0 Å². The van der Waals surface area contributed by atoms with Crippen LogP contribution in [0.3, 0.4) is 0 Å². The lowest BCUT2D eigenvalue weighted by Crippen LogP contribution is -2.06. The standard InChI is InChI=1S/C21H23FO4/c1-13(2)11-25-19-8-15(7-17(22)10-19)14-3-5-18(6-4-14)26-12-16-9-20(16)21(23)24/h3-8,10,13,16,20H,9,11-12H2,1-2H3,(H,23,24). The van der Waals surface area contributed by atoms with Gasteiger partial charge in [-0.2, -0.15) is 0 Å². The van der Waals surface area contributed by atoms with E-state index in [0.717, 1.165) is 11.1 Å². The SMILES string of the molecule is CC(C)COc1cc(F)cc(-c2ccc(OCC3CC3C(=O)O)cc2)c1. The minimum atomic E-state index is -0.754. The van der Waals surface area contributed by atoms with Crippen LogP contribution < -0.4 is 9.47 Å². The molecular weight excluding hydrogens is 335 g/mol. The van der Waals surface area contributed by atoms with Crippen molar-refractivity contribution < 1.29 is 23.8 Å². The molecular formula is C21H23FO4. The first-order valence-corrected chi connectivity index (χ1v) is 8.82. The monoisotopic (exact) mass is 358 g/mol. The van der Waals surface area contributed by atoms with E-state index in [1.54, 1.807) is 0 Å². The molecule has 2 atom stereocenters. The number of carboxylic acid groups (broad SMARTS) is 1. The maximum atomic E-state index is 13.9. The van der Waals surface area contributed by atoms with E-state index in [9.17, 15) is 9.18 Å². The first kappa shape index (κ1) is 18.2. The molecule has 0 spiro atoms. The van der Waals surface area contributed by atoms with Crippen molar-refractivity contribution in [1.82, 2.24) is 0 Å². The largest absolute Gasteiger partial charge is 0.493 e. The van der Waals surface area contributed by atoms with E-state index in [2.05, 4.69) is 0 Å². The van der Waals surface area contributed by atoms with Crippen LogP contribution in [0.4, 0.5) is 4.39 Å². The maximum absolute atomic E-state index is 13.9. The highest BCUT2D eigenvalue weighted by Crippen LogP contribution is 2.39. The van der Waals surface area contributed by atoms with E-state index < -0.39 is 5.97 Å². The molecule has 1 aliphatic carbocycles. The summed E-state index contributed by atoms with van der Waals surface area (Å²) in [6.45, 7) is 5.02. The molecule has 4 nitrogen and oxygen atoms in total. The quantitative estimate of drug-likeness (QED) is 0.748. The van der Waals surface area contributed by atoms with Crippen molar-refractivity contribution >= 4 is 5.97 Å². The second-order valence-electron chi connectivity index (χ2n) is 7.16. The van der Waals surface area contributed by atoms with E-state index in [1.807, 2.05) is 44.2 Å². The molecule has 0 aromatic heterocycles. The highest BCUT2D eigenvalue weighted by molar-refractivity contribution is 5.73. The Balaban J connectivity index is 1.63. The Morgan fingerprint density at radius 1 is 1.12 bits per heavy atom. The molecule has 26 heavy (non-hydrogen) atoms. The van der Waals surface area contributed by atoms with Crippen molar-refractivity contribution in [1.29, 1.82) is 0 Å². The van der Waals surface area contributed by atoms with Crippen LogP contribution in [-0.4, -0.2) is 24.3 Å². The average molecular weight is 358 g/mol. The molecule has 138 valence electrons. The highest BCUT2D eigenvalue weighted by Gasteiger charge is 2.43. The van der Waals surface area contributed by atoms with Crippen molar-refractivity contribution in [3.05, 3.63) is 48.3 Å². The average Bonchev–Trinajstić information content (AvgIpc) is 3.38. The molecule has 2 aromatic rings. The number of carboxylic acids is 1. The second-order valence-corrected chi connectivity index (χ2v) is 7.16. The number of aliphatic carboxylic acids is 1. The van der Waals surface area contributed by atoms with Crippen LogP contribution in [0.25, 0.3) is 11.1 Å². The normalized spacial score (nSPS) is 18.6. The summed E-state index contributed by atoms with van der Waals surface area (Å²) >= 11 is 0. The number of hydrogen-bond acceptors (Lipinski definition) is 3. The Morgan fingerprint density at radius 3 is 2.46 bits per heavy atom. The zero-order valence-electron chi connectivity index (χ0n) is 14.9. The molecule has 1 saturated carbocycles. The fourth-order valence-corrected chi connectivity index (χ4v) is 2.76. The Kier molecular flexibility index (Phi) is 5.45. The number of rotatable bonds is 8. The second kappa shape index (κ2) is 7.77. The number of carbonyl (C=O) groups is 1. The summed E-state index contributed by atoms with van der Waals surface area (Å²) in [7, 11) is 0. The molecule has 0 heterocycles. The smallest absolute Gasteiger partial charge is 0.306 e. The molecule has 0 bridgehead atoms. The first-order valence-electron chi connectivity index (χ1n) is 8.82. The van der Waals surface area contributed by atoms with E-state index in [0.29, 0.717) is 37.1 Å². The molecule has 0 radical (unpaired) electrons. The fourth-order valence-electron chi connectivity index (χ4n) is 2.76. The lowest BCUT2D eigenvalue weighted by molar-refractivity contribution is -0.138. The predicted molar refractivity (Wildman–Crippen MR) is 96.9 cm³/mol. The van der Waals surface area contributed by atoms with Crippen molar-refractivity contribution in [2.24, 2.45) is 17.8 Å². The third kappa shape index (κ3) is 4.75. The Bertz CT molecular complexity index is 770. The summed E-state index contributed by atoms with van der Waals surface area (Å²) < 4.78 is 25.2. The zero-order chi connectivity index (χ0) is 18.7. The molecule has 0 saturated heterocycles. The maximum Gasteiger partial charge on any atom is 0.306 e. The van der Waals surface area contributed by atoms with Crippen molar-refractivity contribution in [3.63, 3.8) is 0 Å². The van der Waals surface area contributed by atoms with Crippen LogP contribution in [0.5, 0.6) is 11.5 Å². The minimum Gasteiger partial charge on any atom is -0.493 e. The zero-order valence-corrected chi connectivity index (χ0v) is 14.9. The van der Waals surface area contributed by atoms with E-state index in [4.69, 9.17) is 14.6 Å². The van der Waals surface area contributed by atoms with Crippen molar-refractivity contribution in [2.75, 3.05) is 13.2 Å². The van der Waals surface area contributed by atoms with Crippen LogP contribution >= 0.6 is 0 Å². The molecule has 1 aliphatic rings. The third-order valence-electron chi connectivity index (χ3n) is 4.35. The summed E-state index contributed by atoms with van der Waals surface area (Å²) in [6.07, 6.45) is 0.676. The van der Waals surface area contributed by atoms with Gasteiger partial charge in [0.1, 0.15) is 17.3 Å². The van der Waals surface area contributed by atoms with Gasteiger partial charge in [-0.3, -0.25) is 4.79 Å². The Morgan fingerprint density at radius 2 is 1.85 bits per heavy atom. The number of hydrogen-bond donors (Lipinski definition) is 1. The summed E-state index contributed by atoms with van der Waals surface area (Å²) in [6, 6.07) is 12.0. The minimum absolute atomic E-state index is 0.0936. The molecule has 1 fully saturated rings. The van der Waals surface area contributed by atoms with Gasteiger partial charge in [-0.25, -0.2) is 4.39 Å². The van der Waals surface area contributed by atoms with Crippen molar-refractivity contribution in [2.45, 2.75) is 20.3 Å². The van der Waals surface area contributed by atoms with Gasteiger partial charge in [0, 0.05) is 12.0 Å². The van der Waals surface area contributed by atoms with E-state index >= 15 is 0 Å². The molecule has 0 amide bonds. The molecule has 2 unspecified atom stereocenters. The summed E-state index contributed by atoms with van der Waals surface area (Å²) in [5, 5.41) is 8.90. The first-order chi connectivity index (χ1) is 12.4. The van der Waals surface area contributed by atoms with Crippen LogP contribution in [0.2, 0.25) is 0 Å². The van der Waals surface area contributed by atoms with Crippen LogP contribution in [-0.2, 0) is 4.79 Å². The lowest BCUT2D eigenvalue weighted by Gasteiger charge is -2.11. The number of benzene rings is 2. The molecule has 1 N–H and O–H groups in total. The predicted octanol–water partition coefficient (Wildman–Crippen LogP) is 4.63. The van der Waals surface area contributed by atoms with Gasteiger partial charge in [0.05, 0.1) is 19.1 Å². The van der Waals surface area contributed by atoms with Gasteiger partial charge in [0.15, 0.2) is 0 Å². The number of ether oxygens (including phenoxy) is 2. The van der Waals surface area contributed by atoms with Gasteiger partial charge in [0.2, 0.25) is 0 Å². The van der Waals surface area contributed by atoms with Crippen LogP contribution in [0, 0.1) is 23.6 Å². The highest BCUT2D eigenvalue weighted by atomic mass is 19.1. The van der Waals surface area contributed by atoms with E-state index in [-0.39, 0.29) is 17.7 Å². The van der Waals surface area contributed by atoms with Crippen LogP contribution in [0.15, 0.2) is 42.5 Å². The van der Waals surface area contributed by atoms with Gasteiger partial charge >= 0.3 is 5.97 Å². The lowest BCUT2D eigenvalue weighted by atomic mass is 10.1. The van der Waals surface area contributed by atoms with Crippen LogP contribution in [0.1, 0.15) is 20.3 Å². The Hall–Kier alpha value is -2.56. The van der Waals surface area contributed by atoms with E-state index in [1.165, 1.54) is 12.1 Å². The summed E-state index contributed by atoms with van der Waals surface area (Å²) in [4.78, 5) is 10.8. The van der Waals surface area contributed by atoms with Gasteiger partial charge in [-0.15, -0.1) is 0 Å². The number of halogens is 1. The van der Waals surface area contributed by atoms with Gasteiger partial charge in [-0.1, -0.05) is 26.0 Å². The summed E-state index contributed by atoms with van der Waals surface area (Å²) in [5.41, 5.74) is 1.60. The molecule has 0 aliphatic heterocycles. The third-order valence-corrected chi connectivity index (χ3v) is 4.35.